The highest BCUT2D eigenvalue weighted by atomic mass is 19.1. The van der Waals surface area contributed by atoms with Gasteiger partial charge in [-0.3, -0.25) is 0 Å². The first-order valence-electron chi connectivity index (χ1n) is 5.78. The van der Waals surface area contributed by atoms with Crippen LogP contribution in [0.1, 0.15) is 25.0 Å². The van der Waals surface area contributed by atoms with Crippen molar-refractivity contribution in [2.75, 3.05) is 13.1 Å². The van der Waals surface area contributed by atoms with Gasteiger partial charge in [-0.05, 0) is 13.0 Å². The quantitative estimate of drug-likeness (QED) is 0.724. The third-order valence-corrected chi connectivity index (χ3v) is 2.37. The number of halogens is 1. The average molecular weight is 224 g/mol. The van der Waals surface area contributed by atoms with Crippen LogP contribution in [0.25, 0.3) is 0 Å². The molecule has 0 atom stereocenters. The van der Waals surface area contributed by atoms with Crippen molar-refractivity contribution in [3.05, 3.63) is 35.1 Å². The van der Waals surface area contributed by atoms with Crippen LogP contribution >= 0.6 is 0 Å². The van der Waals surface area contributed by atoms with Gasteiger partial charge < -0.3 is 10.6 Å². The van der Waals surface area contributed by atoms with Crippen molar-refractivity contribution in [2.45, 2.75) is 33.4 Å². The lowest BCUT2D eigenvalue weighted by Crippen LogP contribution is -2.31. The lowest BCUT2D eigenvalue weighted by molar-refractivity contribution is 0.544. The molecule has 90 valence electrons. The number of rotatable bonds is 6. The number of benzene rings is 1. The molecule has 3 heteroatoms. The molecule has 0 saturated heterocycles. The maximum atomic E-state index is 13.4. The summed E-state index contributed by atoms with van der Waals surface area (Å²) in [7, 11) is 0. The standard InChI is InChI=1S/C13H21FN2/c1-10(2)16-7-6-15-9-12-8-11(3)4-5-13(12)14/h4-5,8,10,15-16H,6-7,9H2,1-3H3. The Hall–Kier alpha value is -0.930. The summed E-state index contributed by atoms with van der Waals surface area (Å²) in [6.45, 7) is 8.55. The molecule has 0 saturated carbocycles. The Kier molecular flexibility index (Phi) is 5.43. The van der Waals surface area contributed by atoms with Gasteiger partial charge in [-0.15, -0.1) is 0 Å². The summed E-state index contributed by atoms with van der Waals surface area (Å²) < 4.78 is 13.4. The molecule has 0 spiro atoms. The zero-order chi connectivity index (χ0) is 12.0. The molecule has 0 heterocycles. The van der Waals surface area contributed by atoms with Crippen LogP contribution in [0, 0.1) is 12.7 Å². The van der Waals surface area contributed by atoms with E-state index in [0.29, 0.717) is 12.6 Å². The van der Waals surface area contributed by atoms with E-state index in [9.17, 15) is 4.39 Å². The Morgan fingerprint density at radius 2 is 2.00 bits per heavy atom. The van der Waals surface area contributed by atoms with Gasteiger partial charge in [-0.2, -0.15) is 0 Å². The second kappa shape index (κ2) is 6.61. The van der Waals surface area contributed by atoms with Gasteiger partial charge in [-0.1, -0.05) is 31.5 Å². The predicted molar refractivity (Wildman–Crippen MR) is 66.0 cm³/mol. The molecule has 0 fully saturated rings. The third kappa shape index (κ3) is 4.73. The molecule has 0 aliphatic rings. The Morgan fingerprint density at radius 3 is 2.69 bits per heavy atom. The Balaban J connectivity index is 2.29. The van der Waals surface area contributed by atoms with Crippen LogP contribution in [0.2, 0.25) is 0 Å². The fourth-order valence-electron chi connectivity index (χ4n) is 1.51. The van der Waals surface area contributed by atoms with E-state index in [2.05, 4.69) is 24.5 Å². The number of aryl methyl sites for hydroxylation is 1. The molecule has 0 aromatic heterocycles. The summed E-state index contributed by atoms with van der Waals surface area (Å²) >= 11 is 0. The molecule has 0 aliphatic carbocycles. The van der Waals surface area contributed by atoms with Crippen molar-refractivity contribution in [1.82, 2.24) is 10.6 Å². The fourth-order valence-corrected chi connectivity index (χ4v) is 1.51. The zero-order valence-electron chi connectivity index (χ0n) is 10.3. The van der Waals surface area contributed by atoms with Gasteiger partial charge in [0.25, 0.3) is 0 Å². The minimum atomic E-state index is -0.130. The first-order chi connectivity index (χ1) is 7.59. The number of nitrogens with one attached hydrogen (secondary N) is 2. The van der Waals surface area contributed by atoms with Crippen LogP contribution in [0.5, 0.6) is 0 Å². The van der Waals surface area contributed by atoms with E-state index < -0.39 is 0 Å². The van der Waals surface area contributed by atoms with Crippen molar-refractivity contribution < 1.29 is 4.39 Å². The summed E-state index contributed by atoms with van der Waals surface area (Å²) in [4.78, 5) is 0. The van der Waals surface area contributed by atoms with Gasteiger partial charge in [0.05, 0.1) is 0 Å². The molecular weight excluding hydrogens is 203 g/mol. The van der Waals surface area contributed by atoms with E-state index in [1.54, 1.807) is 6.07 Å². The highest BCUT2D eigenvalue weighted by Crippen LogP contribution is 2.09. The van der Waals surface area contributed by atoms with Crippen molar-refractivity contribution >= 4 is 0 Å². The minimum absolute atomic E-state index is 0.130. The third-order valence-electron chi connectivity index (χ3n) is 2.37. The molecule has 2 nitrogen and oxygen atoms in total. The lowest BCUT2D eigenvalue weighted by atomic mass is 10.1. The highest BCUT2D eigenvalue weighted by Gasteiger charge is 2.01. The molecule has 1 aromatic rings. The second-order valence-corrected chi connectivity index (χ2v) is 4.38. The predicted octanol–water partition coefficient (Wildman–Crippen LogP) is 2.22. The lowest BCUT2D eigenvalue weighted by Gasteiger charge is -2.09. The first kappa shape index (κ1) is 13.1. The Labute approximate surface area is 97.3 Å². The van der Waals surface area contributed by atoms with E-state index >= 15 is 0 Å². The first-order valence-corrected chi connectivity index (χ1v) is 5.78. The molecule has 1 rings (SSSR count). The molecule has 0 amide bonds. The summed E-state index contributed by atoms with van der Waals surface area (Å²) in [5.74, 6) is -0.130. The number of hydrogen-bond acceptors (Lipinski definition) is 2. The van der Waals surface area contributed by atoms with Gasteiger partial charge in [0.1, 0.15) is 5.82 Å². The van der Waals surface area contributed by atoms with Crippen molar-refractivity contribution in [1.29, 1.82) is 0 Å². The SMILES string of the molecule is Cc1ccc(F)c(CNCCNC(C)C)c1. The van der Waals surface area contributed by atoms with Gasteiger partial charge >= 0.3 is 0 Å². The molecular formula is C13H21FN2. The summed E-state index contributed by atoms with van der Waals surface area (Å²) in [5.41, 5.74) is 1.84. The molecule has 1 aromatic carbocycles. The summed E-state index contributed by atoms with van der Waals surface area (Å²) in [6, 6.07) is 5.70. The fraction of sp³-hybridized carbons (Fsp3) is 0.538. The number of hydrogen-bond donors (Lipinski definition) is 2. The highest BCUT2D eigenvalue weighted by molar-refractivity contribution is 5.23. The smallest absolute Gasteiger partial charge is 0.127 e. The molecule has 16 heavy (non-hydrogen) atoms. The van der Waals surface area contributed by atoms with Crippen LogP contribution in [0.15, 0.2) is 18.2 Å². The van der Waals surface area contributed by atoms with Crippen LogP contribution in [0.3, 0.4) is 0 Å². The molecule has 0 aliphatic heterocycles. The van der Waals surface area contributed by atoms with Crippen LogP contribution in [-0.4, -0.2) is 19.1 Å². The van der Waals surface area contributed by atoms with E-state index in [1.165, 1.54) is 6.07 Å². The van der Waals surface area contributed by atoms with E-state index in [4.69, 9.17) is 0 Å². The molecule has 0 unspecified atom stereocenters. The van der Waals surface area contributed by atoms with Crippen LogP contribution < -0.4 is 10.6 Å². The van der Waals surface area contributed by atoms with E-state index in [-0.39, 0.29) is 5.82 Å². The van der Waals surface area contributed by atoms with Gasteiger partial charge in [0, 0.05) is 31.2 Å². The molecule has 0 bridgehead atoms. The zero-order valence-corrected chi connectivity index (χ0v) is 10.3. The van der Waals surface area contributed by atoms with Crippen LogP contribution in [0.4, 0.5) is 4.39 Å². The largest absolute Gasteiger partial charge is 0.313 e. The summed E-state index contributed by atoms with van der Waals surface area (Å²) in [5, 5.41) is 6.52. The maximum Gasteiger partial charge on any atom is 0.127 e. The minimum Gasteiger partial charge on any atom is -0.313 e. The van der Waals surface area contributed by atoms with Crippen LogP contribution in [-0.2, 0) is 6.54 Å². The average Bonchev–Trinajstić information content (AvgIpc) is 2.22. The monoisotopic (exact) mass is 224 g/mol. The second-order valence-electron chi connectivity index (χ2n) is 4.38. The van der Waals surface area contributed by atoms with Gasteiger partial charge in [0.15, 0.2) is 0 Å². The van der Waals surface area contributed by atoms with E-state index in [1.807, 2.05) is 13.0 Å². The molecule has 2 N–H and O–H groups in total. The van der Waals surface area contributed by atoms with E-state index in [0.717, 1.165) is 24.2 Å². The summed E-state index contributed by atoms with van der Waals surface area (Å²) in [6.07, 6.45) is 0. The Bertz CT molecular complexity index is 324. The van der Waals surface area contributed by atoms with Crippen molar-refractivity contribution in [2.24, 2.45) is 0 Å². The maximum absolute atomic E-state index is 13.4. The molecule has 0 radical (unpaired) electrons. The van der Waals surface area contributed by atoms with Gasteiger partial charge in [0.2, 0.25) is 0 Å². The normalized spacial score (nSPS) is 11.1. The van der Waals surface area contributed by atoms with Gasteiger partial charge in [-0.25, -0.2) is 4.39 Å². The Morgan fingerprint density at radius 1 is 1.25 bits per heavy atom. The van der Waals surface area contributed by atoms with Crippen molar-refractivity contribution in [3.8, 4) is 0 Å². The van der Waals surface area contributed by atoms with Crippen molar-refractivity contribution in [3.63, 3.8) is 0 Å². The topological polar surface area (TPSA) is 24.1 Å².